The van der Waals surface area contributed by atoms with E-state index in [9.17, 15) is 9.59 Å². The van der Waals surface area contributed by atoms with Crippen molar-refractivity contribution in [2.75, 3.05) is 13.7 Å². The molecule has 7 heteroatoms. The Morgan fingerprint density at radius 2 is 1.78 bits per heavy atom. The quantitative estimate of drug-likeness (QED) is 0.661. The van der Waals surface area contributed by atoms with Gasteiger partial charge < -0.3 is 14.2 Å². The van der Waals surface area contributed by atoms with Crippen molar-refractivity contribution in [2.45, 2.75) is 39.5 Å². The van der Waals surface area contributed by atoms with E-state index in [1.54, 1.807) is 32.1 Å². The molecule has 1 aromatic heterocycles. The van der Waals surface area contributed by atoms with Crippen LogP contribution in [0, 0.1) is 0 Å². The fraction of sp³-hybridized carbons (Fsp3) is 0.400. The lowest BCUT2D eigenvalue weighted by molar-refractivity contribution is -0.142. The van der Waals surface area contributed by atoms with Gasteiger partial charge in [-0.05, 0) is 60.9 Å². The van der Waals surface area contributed by atoms with Gasteiger partial charge in [0.2, 0.25) is 0 Å². The van der Waals surface area contributed by atoms with E-state index < -0.39 is 17.7 Å². The molecule has 0 saturated carbocycles. The highest BCUT2D eigenvalue weighted by Gasteiger charge is 2.24. The van der Waals surface area contributed by atoms with Gasteiger partial charge in [0.15, 0.2) is 0 Å². The second-order valence-corrected chi connectivity index (χ2v) is 7.76. The Kier molecular flexibility index (Phi) is 7.24. The first kappa shape index (κ1) is 20.8. The molecule has 0 aliphatic heterocycles. The highest BCUT2D eigenvalue weighted by atomic mass is 32.1. The van der Waals surface area contributed by atoms with Crippen molar-refractivity contribution in [1.82, 2.24) is 4.90 Å². The van der Waals surface area contributed by atoms with Crippen molar-refractivity contribution in [3.05, 3.63) is 52.2 Å². The van der Waals surface area contributed by atoms with Crippen LogP contribution in [0.1, 0.15) is 31.9 Å². The monoisotopic (exact) mass is 391 g/mol. The van der Waals surface area contributed by atoms with E-state index in [0.29, 0.717) is 6.61 Å². The molecule has 0 bridgehead atoms. The first-order chi connectivity index (χ1) is 12.8. The molecule has 0 unspecified atom stereocenters. The van der Waals surface area contributed by atoms with Gasteiger partial charge in [0.1, 0.15) is 24.5 Å². The van der Waals surface area contributed by atoms with Crippen LogP contribution in [0.2, 0.25) is 0 Å². The number of methoxy groups -OCH3 is 1. The molecule has 0 aliphatic rings. The number of amides is 1. The number of hydrogen-bond acceptors (Lipinski definition) is 6. The van der Waals surface area contributed by atoms with Crippen LogP contribution in [-0.4, -0.2) is 36.2 Å². The van der Waals surface area contributed by atoms with Gasteiger partial charge in [-0.1, -0.05) is 12.1 Å². The molecule has 1 amide bonds. The predicted molar refractivity (Wildman–Crippen MR) is 104 cm³/mol. The Morgan fingerprint density at radius 1 is 1.07 bits per heavy atom. The molecule has 27 heavy (non-hydrogen) atoms. The second-order valence-electron chi connectivity index (χ2n) is 6.98. The molecule has 1 heterocycles. The molecule has 0 spiro atoms. The molecule has 2 rings (SSSR count). The minimum Gasteiger partial charge on any atom is -0.489 e. The summed E-state index contributed by atoms with van der Waals surface area (Å²) in [5.74, 6) is 0.235. The Labute approximate surface area is 163 Å². The van der Waals surface area contributed by atoms with Crippen LogP contribution in [0.3, 0.4) is 0 Å². The van der Waals surface area contributed by atoms with E-state index in [1.807, 2.05) is 41.1 Å². The maximum absolute atomic E-state index is 12.4. The Bertz CT molecular complexity index is 735. The average Bonchev–Trinajstić information content (AvgIpc) is 3.12. The zero-order valence-electron chi connectivity index (χ0n) is 16.1. The van der Waals surface area contributed by atoms with Crippen LogP contribution >= 0.6 is 11.3 Å². The Morgan fingerprint density at radius 3 is 2.33 bits per heavy atom. The molecule has 0 aliphatic carbocycles. The van der Waals surface area contributed by atoms with Crippen LogP contribution in [0.25, 0.3) is 0 Å². The van der Waals surface area contributed by atoms with Gasteiger partial charge in [-0.3, -0.25) is 9.69 Å². The van der Waals surface area contributed by atoms with Crippen LogP contribution in [0.5, 0.6) is 5.75 Å². The maximum atomic E-state index is 12.4. The topological polar surface area (TPSA) is 65.1 Å². The number of carbonyl (C=O) groups is 2. The molecule has 0 fully saturated rings. The lowest BCUT2D eigenvalue weighted by atomic mass is 10.2. The Balaban J connectivity index is 2.00. The fourth-order valence-corrected chi connectivity index (χ4v) is 2.84. The number of benzene rings is 1. The molecular weight excluding hydrogens is 366 g/mol. The van der Waals surface area contributed by atoms with Crippen LogP contribution in [0.4, 0.5) is 4.79 Å². The fourth-order valence-electron chi connectivity index (χ4n) is 2.18. The number of esters is 1. The highest BCUT2D eigenvalue weighted by molar-refractivity contribution is 7.07. The van der Waals surface area contributed by atoms with E-state index in [2.05, 4.69) is 4.74 Å². The molecule has 0 radical (unpaired) electrons. The minimum absolute atomic E-state index is 0.179. The molecule has 6 nitrogen and oxygen atoms in total. The van der Waals surface area contributed by atoms with Gasteiger partial charge in [-0.15, -0.1) is 0 Å². The van der Waals surface area contributed by atoms with E-state index >= 15 is 0 Å². The third kappa shape index (κ3) is 7.30. The summed E-state index contributed by atoms with van der Waals surface area (Å²) in [5.41, 5.74) is 1.33. The Hall–Kier alpha value is -2.54. The first-order valence-electron chi connectivity index (χ1n) is 8.54. The third-order valence-electron chi connectivity index (χ3n) is 3.48. The summed E-state index contributed by atoms with van der Waals surface area (Å²) in [4.78, 5) is 25.3. The molecular formula is C20H25NO5S. The number of rotatable bonds is 7. The number of ether oxygens (including phenoxy) is 3. The van der Waals surface area contributed by atoms with E-state index in [0.717, 1.165) is 16.9 Å². The summed E-state index contributed by atoms with van der Waals surface area (Å²) in [6.07, 6.45) is -0.564. The van der Waals surface area contributed by atoms with Crippen LogP contribution in [-0.2, 0) is 27.4 Å². The SMILES string of the molecule is COC(=O)CN(Cc1ccc(OCc2ccsc2)cc1)C(=O)OC(C)(C)C. The zero-order chi connectivity index (χ0) is 19.9. The highest BCUT2D eigenvalue weighted by Crippen LogP contribution is 2.18. The van der Waals surface area contributed by atoms with Gasteiger partial charge in [-0.2, -0.15) is 11.3 Å². The number of nitrogens with zero attached hydrogens (tertiary/aromatic N) is 1. The smallest absolute Gasteiger partial charge is 0.411 e. The largest absolute Gasteiger partial charge is 0.489 e. The zero-order valence-corrected chi connectivity index (χ0v) is 16.9. The summed E-state index contributed by atoms with van der Waals surface area (Å²) in [6, 6.07) is 9.42. The number of thiophene rings is 1. The normalized spacial score (nSPS) is 11.0. The van der Waals surface area contributed by atoms with Crippen molar-refractivity contribution in [3.63, 3.8) is 0 Å². The van der Waals surface area contributed by atoms with Gasteiger partial charge in [0, 0.05) is 6.54 Å². The average molecular weight is 391 g/mol. The predicted octanol–water partition coefficient (Wildman–Crippen LogP) is 4.24. The summed E-state index contributed by atoms with van der Waals surface area (Å²) in [5, 5.41) is 4.05. The van der Waals surface area contributed by atoms with Gasteiger partial charge in [-0.25, -0.2) is 4.79 Å². The lowest BCUT2D eigenvalue weighted by Crippen LogP contribution is -2.39. The molecule has 2 aromatic rings. The van der Waals surface area contributed by atoms with E-state index in [1.165, 1.54) is 12.0 Å². The van der Waals surface area contributed by atoms with Crippen molar-refractivity contribution in [3.8, 4) is 5.75 Å². The summed E-state index contributed by atoms with van der Waals surface area (Å²) < 4.78 is 15.8. The van der Waals surface area contributed by atoms with E-state index in [4.69, 9.17) is 9.47 Å². The maximum Gasteiger partial charge on any atom is 0.411 e. The van der Waals surface area contributed by atoms with E-state index in [-0.39, 0.29) is 13.1 Å². The molecule has 0 saturated heterocycles. The molecule has 146 valence electrons. The minimum atomic E-state index is -0.648. The molecule has 0 atom stereocenters. The van der Waals surface area contributed by atoms with Crippen LogP contribution in [0.15, 0.2) is 41.1 Å². The van der Waals surface area contributed by atoms with Gasteiger partial charge in [0.05, 0.1) is 7.11 Å². The lowest BCUT2D eigenvalue weighted by Gasteiger charge is -2.26. The summed E-state index contributed by atoms with van der Waals surface area (Å²) >= 11 is 1.63. The van der Waals surface area contributed by atoms with Gasteiger partial charge in [0.25, 0.3) is 0 Å². The van der Waals surface area contributed by atoms with Crippen molar-refractivity contribution in [2.24, 2.45) is 0 Å². The number of carbonyl (C=O) groups excluding carboxylic acids is 2. The third-order valence-corrected chi connectivity index (χ3v) is 4.21. The number of hydrogen-bond donors (Lipinski definition) is 0. The standard InChI is InChI=1S/C20H25NO5S/c1-20(2,3)26-19(23)21(12-18(22)24-4)11-15-5-7-17(8-6-15)25-13-16-9-10-27-14-16/h5-10,14H,11-13H2,1-4H3. The van der Waals surface area contributed by atoms with Crippen molar-refractivity contribution < 1.29 is 23.8 Å². The summed E-state index contributed by atoms with van der Waals surface area (Å²) in [7, 11) is 1.29. The van der Waals surface area contributed by atoms with Crippen molar-refractivity contribution >= 4 is 23.4 Å². The van der Waals surface area contributed by atoms with Gasteiger partial charge >= 0.3 is 12.1 Å². The molecule has 1 aromatic carbocycles. The summed E-state index contributed by atoms with van der Waals surface area (Å²) in [6.45, 7) is 5.90. The van der Waals surface area contributed by atoms with Crippen LogP contribution < -0.4 is 4.74 Å². The molecule has 0 N–H and O–H groups in total. The first-order valence-corrected chi connectivity index (χ1v) is 9.48. The van der Waals surface area contributed by atoms with Crippen molar-refractivity contribution in [1.29, 1.82) is 0 Å². The second kappa shape index (κ2) is 9.41.